The number of rotatable bonds is 4. The van der Waals surface area contributed by atoms with Gasteiger partial charge in [-0.3, -0.25) is 0 Å². The molecule has 0 saturated heterocycles. The van der Waals surface area contributed by atoms with E-state index in [-0.39, 0.29) is 16.1 Å². The maximum atomic E-state index is 11.4. The monoisotopic (exact) mass is 306 g/mol. The van der Waals surface area contributed by atoms with Gasteiger partial charge in [0, 0.05) is 23.3 Å². The van der Waals surface area contributed by atoms with E-state index in [1.807, 2.05) is 0 Å². The maximum Gasteiger partial charge on any atom is 0.337 e. The number of benzene rings is 2. The van der Waals surface area contributed by atoms with Crippen LogP contribution < -0.4 is 11.1 Å². The summed E-state index contributed by atoms with van der Waals surface area (Å²) in [5.41, 5.74) is 7.13. The largest absolute Gasteiger partial charge is 0.478 e. The van der Waals surface area contributed by atoms with Gasteiger partial charge in [-0.05, 0) is 42.5 Å². The Balaban J connectivity index is 2.23. The first-order valence-electron chi connectivity index (χ1n) is 5.97. The van der Waals surface area contributed by atoms with E-state index in [1.54, 1.807) is 18.2 Å². The summed E-state index contributed by atoms with van der Waals surface area (Å²) in [5.74, 6) is -1.09. The van der Waals surface area contributed by atoms with Crippen molar-refractivity contribution in [1.82, 2.24) is 0 Å². The van der Waals surface area contributed by atoms with Crippen LogP contribution in [-0.2, 0) is 9.84 Å². The lowest BCUT2D eigenvalue weighted by molar-refractivity contribution is 0.0698. The SMILES string of the molecule is CS(=O)(=O)c1ccc(Nc2ccc(C(=O)O)c(N)c2)cc1. The molecular weight excluding hydrogens is 292 g/mol. The molecular formula is C14H14N2O4S. The fourth-order valence-corrected chi connectivity index (χ4v) is 2.42. The summed E-state index contributed by atoms with van der Waals surface area (Å²) < 4.78 is 22.7. The number of sulfone groups is 1. The highest BCUT2D eigenvalue weighted by Crippen LogP contribution is 2.22. The molecule has 2 aromatic carbocycles. The second-order valence-electron chi connectivity index (χ2n) is 4.53. The van der Waals surface area contributed by atoms with Crippen LogP contribution in [0.4, 0.5) is 17.1 Å². The Morgan fingerprint density at radius 2 is 1.67 bits per heavy atom. The molecule has 110 valence electrons. The van der Waals surface area contributed by atoms with Gasteiger partial charge < -0.3 is 16.2 Å². The molecule has 0 aliphatic carbocycles. The highest BCUT2D eigenvalue weighted by molar-refractivity contribution is 7.90. The van der Waals surface area contributed by atoms with E-state index in [4.69, 9.17) is 10.8 Å². The van der Waals surface area contributed by atoms with Gasteiger partial charge in [-0.15, -0.1) is 0 Å². The minimum atomic E-state index is -3.23. The van der Waals surface area contributed by atoms with Crippen LogP contribution in [0.3, 0.4) is 0 Å². The zero-order chi connectivity index (χ0) is 15.6. The number of nitrogens with one attached hydrogen (secondary N) is 1. The van der Waals surface area contributed by atoms with Crippen molar-refractivity contribution in [3.8, 4) is 0 Å². The summed E-state index contributed by atoms with van der Waals surface area (Å²) in [6.07, 6.45) is 1.14. The van der Waals surface area contributed by atoms with Crippen LogP contribution in [0, 0.1) is 0 Å². The molecule has 7 heteroatoms. The van der Waals surface area contributed by atoms with Crippen molar-refractivity contribution in [3.63, 3.8) is 0 Å². The van der Waals surface area contributed by atoms with Crippen molar-refractivity contribution in [2.45, 2.75) is 4.90 Å². The fourth-order valence-electron chi connectivity index (χ4n) is 1.79. The minimum absolute atomic E-state index is 0.0352. The average Bonchev–Trinajstić information content (AvgIpc) is 2.38. The lowest BCUT2D eigenvalue weighted by Gasteiger charge is -2.09. The van der Waals surface area contributed by atoms with Gasteiger partial charge >= 0.3 is 5.97 Å². The van der Waals surface area contributed by atoms with E-state index < -0.39 is 15.8 Å². The number of hydrogen-bond donors (Lipinski definition) is 3. The summed E-state index contributed by atoms with van der Waals surface area (Å²) in [7, 11) is -3.23. The van der Waals surface area contributed by atoms with Gasteiger partial charge in [-0.1, -0.05) is 0 Å². The van der Waals surface area contributed by atoms with E-state index in [0.717, 1.165) is 6.26 Å². The Labute approximate surface area is 122 Å². The summed E-state index contributed by atoms with van der Waals surface area (Å²) in [6, 6.07) is 10.7. The average molecular weight is 306 g/mol. The molecule has 0 bridgehead atoms. The number of carboxylic acid groups (broad SMARTS) is 1. The molecule has 0 atom stereocenters. The number of anilines is 3. The third kappa shape index (κ3) is 3.51. The number of nitrogens with two attached hydrogens (primary N) is 1. The van der Waals surface area contributed by atoms with Crippen molar-refractivity contribution in [3.05, 3.63) is 48.0 Å². The van der Waals surface area contributed by atoms with Crippen molar-refractivity contribution >= 4 is 32.9 Å². The van der Waals surface area contributed by atoms with E-state index in [2.05, 4.69) is 5.32 Å². The molecule has 2 aromatic rings. The molecule has 0 unspecified atom stereocenters. The van der Waals surface area contributed by atoms with Crippen molar-refractivity contribution in [2.24, 2.45) is 0 Å². The van der Waals surface area contributed by atoms with Crippen LogP contribution in [0.1, 0.15) is 10.4 Å². The Morgan fingerprint density at radius 1 is 1.10 bits per heavy atom. The Bertz CT molecular complexity index is 783. The minimum Gasteiger partial charge on any atom is -0.478 e. The highest BCUT2D eigenvalue weighted by Gasteiger charge is 2.09. The lowest BCUT2D eigenvalue weighted by Crippen LogP contribution is -2.03. The van der Waals surface area contributed by atoms with E-state index in [1.165, 1.54) is 24.3 Å². The van der Waals surface area contributed by atoms with Gasteiger partial charge in [0.1, 0.15) is 0 Å². The topological polar surface area (TPSA) is 109 Å². The standard InChI is InChI=1S/C14H14N2O4S/c1-21(19,20)11-5-2-9(3-6-11)16-10-4-7-12(14(17)18)13(15)8-10/h2-8,16H,15H2,1H3,(H,17,18). The Hall–Kier alpha value is -2.54. The van der Waals surface area contributed by atoms with Gasteiger partial charge in [-0.2, -0.15) is 0 Å². The Morgan fingerprint density at radius 3 is 2.14 bits per heavy atom. The number of aromatic carboxylic acids is 1. The first-order valence-corrected chi connectivity index (χ1v) is 7.86. The van der Waals surface area contributed by atoms with Gasteiger partial charge in [0.2, 0.25) is 0 Å². The van der Waals surface area contributed by atoms with Crippen LogP contribution in [0.15, 0.2) is 47.4 Å². The normalized spacial score (nSPS) is 11.1. The van der Waals surface area contributed by atoms with Gasteiger partial charge in [0.25, 0.3) is 0 Å². The molecule has 0 saturated carbocycles. The molecule has 4 N–H and O–H groups in total. The highest BCUT2D eigenvalue weighted by atomic mass is 32.2. The van der Waals surface area contributed by atoms with Crippen LogP contribution in [0.5, 0.6) is 0 Å². The van der Waals surface area contributed by atoms with E-state index in [0.29, 0.717) is 11.4 Å². The van der Waals surface area contributed by atoms with Crippen molar-refractivity contribution in [1.29, 1.82) is 0 Å². The number of nitrogen functional groups attached to an aromatic ring is 1. The molecule has 0 heterocycles. The number of carbonyl (C=O) groups is 1. The molecule has 0 aromatic heterocycles. The van der Waals surface area contributed by atoms with Crippen LogP contribution >= 0.6 is 0 Å². The van der Waals surface area contributed by atoms with E-state index in [9.17, 15) is 13.2 Å². The molecule has 0 aliphatic heterocycles. The second-order valence-corrected chi connectivity index (χ2v) is 6.54. The smallest absolute Gasteiger partial charge is 0.337 e. The predicted octanol–water partition coefficient (Wildman–Crippen LogP) is 2.11. The maximum absolute atomic E-state index is 11.4. The first kappa shape index (κ1) is 14.9. The zero-order valence-corrected chi connectivity index (χ0v) is 12.0. The molecule has 6 nitrogen and oxygen atoms in total. The summed E-state index contributed by atoms with van der Waals surface area (Å²) in [5, 5.41) is 11.9. The molecule has 0 spiro atoms. The summed E-state index contributed by atoms with van der Waals surface area (Å²) >= 11 is 0. The Kier molecular flexibility index (Phi) is 3.86. The van der Waals surface area contributed by atoms with Gasteiger partial charge in [0.15, 0.2) is 9.84 Å². The third-order valence-corrected chi connectivity index (χ3v) is 3.98. The van der Waals surface area contributed by atoms with Crippen LogP contribution in [0.2, 0.25) is 0 Å². The molecule has 21 heavy (non-hydrogen) atoms. The molecule has 0 amide bonds. The zero-order valence-electron chi connectivity index (χ0n) is 11.2. The van der Waals surface area contributed by atoms with Gasteiger partial charge in [0.05, 0.1) is 10.5 Å². The molecule has 2 rings (SSSR count). The summed E-state index contributed by atoms with van der Waals surface area (Å²) in [4.78, 5) is 11.1. The molecule has 0 fully saturated rings. The summed E-state index contributed by atoms with van der Waals surface area (Å²) in [6.45, 7) is 0. The van der Waals surface area contributed by atoms with Crippen LogP contribution in [0.25, 0.3) is 0 Å². The third-order valence-electron chi connectivity index (χ3n) is 2.85. The van der Waals surface area contributed by atoms with Crippen molar-refractivity contribution in [2.75, 3.05) is 17.3 Å². The predicted molar refractivity (Wildman–Crippen MR) is 80.6 cm³/mol. The van der Waals surface area contributed by atoms with Crippen LogP contribution in [-0.4, -0.2) is 25.7 Å². The molecule has 0 aliphatic rings. The van der Waals surface area contributed by atoms with Gasteiger partial charge in [-0.25, -0.2) is 13.2 Å². The second kappa shape index (κ2) is 5.45. The fraction of sp³-hybridized carbons (Fsp3) is 0.0714. The molecule has 0 radical (unpaired) electrons. The van der Waals surface area contributed by atoms with Crippen molar-refractivity contribution < 1.29 is 18.3 Å². The lowest BCUT2D eigenvalue weighted by atomic mass is 10.1. The number of hydrogen-bond acceptors (Lipinski definition) is 5. The number of carboxylic acids is 1. The first-order chi connectivity index (χ1) is 9.77. The van der Waals surface area contributed by atoms with E-state index >= 15 is 0 Å². The quantitative estimate of drug-likeness (QED) is 0.746.